The summed E-state index contributed by atoms with van der Waals surface area (Å²) in [7, 11) is 3.15. The zero-order valence-electron chi connectivity index (χ0n) is 12.9. The maximum Gasteiger partial charge on any atom is 0.205 e. The molecule has 1 atom stereocenters. The summed E-state index contributed by atoms with van der Waals surface area (Å²) in [4.78, 5) is 0. The van der Waals surface area contributed by atoms with Crippen molar-refractivity contribution in [2.45, 2.75) is 5.92 Å². The summed E-state index contributed by atoms with van der Waals surface area (Å²) >= 11 is 0. The summed E-state index contributed by atoms with van der Waals surface area (Å²) in [6, 6.07) is 15.3. The lowest BCUT2D eigenvalue weighted by Gasteiger charge is -2.27. The molecule has 5 heteroatoms. The third-order valence-electron chi connectivity index (χ3n) is 3.87. The zero-order valence-corrected chi connectivity index (χ0v) is 12.9. The minimum Gasteiger partial charge on any atom is -0.493 e. The van der Waals surface area contributed by atoms with Gasteiger partial charge in [-0.05, 0) is 12.1 Å². The van der Waals surface area contributed by atoms with Gasteiger partial charge in [0, 0.05) is 11.1 Å². The van der Waals surface area contributed by atoms with E-state index in [-0.39, 0.29) is 11.8 Å². The van der Waals surface area contributed by atoms with Crippen LogP contribution >= 0.6 is 0 Å². The summed E-state index contributed by atoms with van der Waals surface area (Å²) in [5, 5.41) is 9.57. The smallest absolute Gasteiger partial charge is 0.205 e. The Morgan fingerprint density at radius 1 is 1.04 bits per heavy atom. The number of hydrogen-bond donors (Lipinski definition) is 1. The largest absolute Gasteiger partial charge is 0.493 e. The Labute approximate surface area is 134 Å². The van der Waals surface area contributed by atoms with Gasteiger partial charge in [-0.25, -0.2) is 0 Å². The van der Waals surface area contributed by atoms with Crippen molar-refractivity contribution in [2.75, 3.05) is 14.2 Å². The number of nitriles is 1. The van der Waals surface area contributed by atoms with E-state index < -0.39 is 0 Å². The Morgan fingerprint density at radius 3 is 2.48 bits per heavy atom. The number of nitrogens with two attached hydrogens (primary N) is 1. The van der Waals surface area contributed by atoms with Gasteiger partial charge in [-0.2, -0.15) is 5.26 Å². The predicted octanol–water partition coefficient (Wildman–Crippen LogP) is 2.92. The van der Waals surface area contributed by atoms with E-state index in [0.717, 1.165) is 11.1 Å². The first kappa shape index (κ1) is 14.8. The van der Waals surface area contributed by atoms with Crippen molar-refractivity contribution >= 4 is 0 Å². The van der Waals surface area contributed by atoms with Crippen molar-refractivity contribution in [2.24, 2.45) is 5.73 Å². The second-order valence-corrected chi connectivity index (χ2v) is 5.05. The number of fused-ring (bicyclic) bond motifs is 1. The van der Waals surface area contributed by atoms with E-state index >= 15 is 0 Å². The second-order valence-electron chi connectivity index (χ2n) is 5.05. The van der Waals surface area contributed by atoms with Crippen LogP contribution in [0.25, 0.3) is 0 Å². The number of ether oxygens (including phenoxy) is 3. The SMILES string of the molecule is COc1cccc([C@H]2C(C#N)=C(N)Oc3ccccc32)c1OC. The predicted molar refractivity (Wildman–Crippen MR) is 85.3 cm³/mol. The van der Waals surface area contributed by atoms with Crippen molar-refractivity contribution in [1.82, 2.24) is 0 Å². The van der Waals surface area contributed by atoms with Crippen LogP contribution in [0.4, 0.5) is 0 Å². The Balaban J connectivity index is 2.28. The van der Waals surface area contributed by atoms with E-state index in [1.165, 1.54) is 0 Å². The third-order valence-corrected chi connectivity index (χ3v) is 3.87. The maximum absolute atomic E-state index is 9.57. The summed E-state index contributed by atoms with van der Waals surface area (Å²) in [5.41, 5.74) is 7.99. The molecule has 2 N–H and O–H groups in total. The Morgan fingerprint density at radius 2 is 1.78 bits per heavy atom. The van der Waals surface area contributed by atoms with Gasteiger partial charge in [-0.15, -0.1) is 0 Å². The van der Waals surface area contributed by atoms with E-state index in [4.69, 9.17) is 19.9 Å². The molecule has 2 aromatic carbocycles. The van der Waals surface area contributed by atoms with Gasteiger partial charge in [-0.3, -0.25) is 0 Å². The summed E-state index contributed by atoms with van der Waals surface area (Å²) in [5.74, 6) is 1.57. The number of nitrogens with zero attached hydrogens (tertiary/aromatic N) is 1. The molecule has 0 aromatic heterocycles. The fourth-order valence-corrected chi connectivity index (χ4v) is 2.87. The van der Waals surface area contributed by atoms with Gasteiger partial charge in [0.25, 0.3) is 0 Å². The molecule has 0 aliphatic carbocycles. The maximum atomic E-state index is 9.57. The van der Waals surface area contributed by atoms with Gasteiger partial charge >= 0.3 is 0 Å². The number of rotatable bonds is 3. The Kier molecular flexibility index (Phi) is 3.82. The molecule has 0 fully saturated rings. The van der Waals surface area contributed by atoms with E-state index in [0.29, 0.717) is 22.8 Å². The van der Waals surface area contributed by atoms with E-state index in [2.05, 4.69) is 6.07 Å². The van der Waals surface area contributed by atoms with Gasteiger partial charge < -0.3 is 19.9 Å². The van der Waals surface area contributed by atoms with E-state index in [9.17, 15) is 5.26 Å². The molecule has 0 saturated heterocycles. The van der Waals surface area contributed by atoms with E-state index in [1.807, 2.05) is 42.5 Å². The zero-order chi connectivity index (χ0) is 16.4. The molecular weight excluding hydrogens is 292 g/mol. The first-order chi connectivity index (χ1) is 11.2. The standard InChI is InChI=1S/C18H16N2O3/c1-21-15-9-5-7-12(17(15)22-2)16-11-6-3-4-8-14(11)23-18(20)13(16)10-19/h3-9,16H,20H2,1-2H3/t16-/m0/s1. The number of allylic oxidation sites excluding steroid dienone is 1. The average Bonchev–Trinajstić information content (AvgIpc) is 2.59. The summed E-state index contributed by atoms with van der Waals surface area (Å²) < 4.78 is 16.5. The summed E-state index contributed by atoms with van der Waals surface area (Å²) in [6.07, 6.45) is 0. The van der Waals surface area contributed by atoms with Crippen molar-refractivity contribution in [3.8, 4) is 23.3 Å². The van der Waals surface area contributed by atoms with Crippen LogP contribution in [0.3, 0.4) is 0 Å². The van der Waals surface area contributed by atoms with Crippen LogP contribution in [0.1, 0.15) is 17.0 Å². The molecule has 1 aliphatic heterocycles. The average molecular weight is 308 g/mol. The molecule has 1 aliphatic rings. The lowest BCUT2D eigenvalue weighted by atomic mass is 9.83. The summed E-state index contributed by atoms with van der Waals surface area (Å²) in [6.45, 7) is 0. The molecule has 0 spiro atoms. The number of hydrogen-bond acceptors (Lipinski definition) is 5. The highest BCUT2D eigenvalue weighted by Crippen LogP contribution is 2.46. The molecule has 5 nitrogen and oxygen atoms in total. The van der Waals surface area contributed by atoms with Crippen LogP contribution in [0, 0.1) is 11.3 Å². The molecule has 0 unspecified atom stereocenters. The molecular formula is C18H16N2O3. The van der Waals surface area contributed by atoms with Gasteiger partial charge in [0.05, 0.1) is 20.1 Å². The van der Waals surface area contributed by atoms with Crippen LogP contribution in [-0.2, 0) is 0 Å². The van der Waals surface area contributed by atoms with Gasteiger partial charge in [0.1, 0.15) is 17.4 Å². The first-order valence-electron chi connectivity index (χ1n) is 7.08. The van der Waals surface area contributed by atoms with Crippen molar-refractivity contribution in [3.63, 3.8) is 0 Å². The van der Waals surface area contributed by atoms with E-state index in [1.54, 1.807) is 14.2 Å². The highest BCUT2D eigenvalue weighted by molar-refractivity contribution is 5.60. The quantitative estimate of drug-likeness (QED) is 0.943. The number of methoxy groups -OCH3 is 2. The molecule has 2 aromatic rings. The number of para-hydroxylation sites is 2. The van der Waals surface area contributed by atoms with Crippen LogP contribution in [0.2, 0.25) is 0 Å². The lowest BCUT2D eigenvalue weighted by molar-refractivity contribution is 0.349. The first-order valence-corrected chi connectivity index (χ1v) is 7.08. The monoisotopic (exact) mass is 308 g/mol. The molecule has 0 bridgehead atoms. The molecule has 3 rings (SSSR count). The second kappa shape index (κ2) is 5.93. The lowest BCUT2D eigenvalue weighted by Crippen LogP contribution is -2.21. The van der Waals surface area contributed by atoms with Crippen molar-refractivity contribution in [3.05, 3.63) is 65.0 Å². The molecule has 23 heavy (non-hydrogen) atoms. The van der Waals surface area contributed by atoms with Crippen LogP contribution in [-0.4, -0.2) is 14.2 Å². The fourth-order valence-electron chi connectivity index (χ4n) is 2.87. The Hall–Kier alpha value is -3.13. The highest BCUT2D eigenvalue weighted by atomic mass is 16.5. The normalized spacial score (nSPS) is 16.1. The topological polar surface area (TPSA) is 77.5 Å². The molecule has 0 saturated carbocycles. The van der Waals surface area contributed by atoms with Crippen LogP contribution < -0.4 is 19.9 Å². The number of benzene rings is 2. The molecule has 116 valence electrons. The van der Waals surface area contributed by atoms with Crippen molar-refractivity contribution < 1.29 is 14.2 Å². The molecule has 0 radical (unpaired) electrons. The molecule has 1 heterocycles. The van der Waals surface area contributed by atoms with Crippen molar-refractivity contribution in [1.29, 1.82) is 5.26 Å². The fraction of sp³-hybridized carbons (Fsp3) is 0.167. The van der Waals surface area contributed by atoms with Gasteiger partial charge in [0.15, 0.2) is 11.5 Å². The minimum absolute atomic E-state index is 0.112. The van der Waals surface area contributed by atoms with Gasteiger partial charge in [-0.1, -0.05) is 30.3 Å². The van der Waals surface area contributed by atoms with Crippen LogP contribution in [0.15, 0.2) is 53.9 Å². The van der Waals surface area contributed by atoms with Crippen LogP contribution in [0.5, 0.6) is 17.2 Å². The Bertz CT molecular complexity index is 821. The minimum atomic E-state index is -0.366. The highest BCUT2D eigenvalue weighted by Gasteiger charge is 2.33. The third kappa shape index (κ3) is 2.34. The molecule has 0 amide bonds. The van der Waals surface area contributed by atoms with Gasteiger partial charge in [0.2, 0.25) is 5.88 Å².